The summed E-state index contributed by atoms with van der Waals surface area (Å²) < 4.78 is 0. The Kier molecular flexibility index (Phi) is 6.82. The molecule has 1 amide bonds. The Bertz CT molecular complexity index is 1140. The predicted octanol–water partition coefficient (Wildman–Crippen LogP) is 5.43. The predicted molar refractivity (Wildman–Crippen MR) is 131 cm³/mol. The van der Waals surface area contributed by atoms with Crippen LogP contribution in [0.3, 0.4) is 0 Å². The van der Waals surface area contributed by atoms with Gasteiger partial charge in [0, 0.05) is 42.5 Å². The summed E-state index contributed by atoms with van der Waals surface area (Å²) >= 11 is 1.67. The number of rotatable bonds is 5. The Hall–Kier alpha value is -3.23. The summed E-state index contributed by atoms with van der Waals surface area (Å²) in [6.07, 6.45) is 0. The van der Waals surface area contributed by atoms with Crippen LogP contribution in [0.2, 0.25) is 0 Å². The van der Waals surface area contributed by atoms with E-state index in [2.05, 4.69) is 43.0 Å². The van der Waals surface area contributed by atoms with E-state index in [0.717, 1.165) is 48.0 Å². The number of nitrogens with zero attached hydrogens (tertiary/aromatic N) is 3. The molecule has 3 aromatic carbocycles. The number of piperazine rings is 1. The molecule has 1 fully saturated rings. The Morgan fingerprint density at radius 3 is 2.38 bits per heavy atom. The van der Waals surface area contributed by atoms with Gasteiger partial charge in [-0.25, -0.2) is 0 Å². The highest BCUT2D eigenvalue weighted by Crippen LogP contribution is 2.29. The summed E-state index contributed by atoms with van der Waals surface area (Å²) in [5.74, 6) is 0.865. The van der Waals surface area contributed by atoms with Gasteiger partial charge in [0.05, 0.1) is 17.2 Å². The highest BCUT2D eigenvalue weighted by atomic mass is 32.2. The third-order valence-corrected chi connectivity index (χ3v) is 7.22. The summed E-state index contributed by atoms with van der Waals surface area (Å²) in [4.78, 5) is 18.7. The third kappa shape index (κ3) is 4.81. The minimum absolute atomic E-state index is 0.105. The van der Waals surface area contributed by atoms with Crippen LogP contribution in [0.25, 0.3) is 0 Å². The lowest BCUT2D eigenvalue weighted by Crippen LogP contribution is -2.49. The Balaban J connectivity index is 1.41. The molecule has 1 saturated heterocycles. The molecule has 162 valence electrons. The maximum absolute atomic E-state index is 13.3. The molecule has 0 radical (unpaired) electrons. The van der Waals surface area contributed by atoms with Crippen LogP contribution in [0.15, 0.2) is 71.6 Å². The normalized spacial score (nSPS) is 13.7. The number of benzene rings is 3. The average Bonchev–Trinajstić information content (AvgIpc) is 2.84. The molecule has 1 heterocycles. The Morgan fingerprint density at radius 2 is 1.66 bits per heavy atom. The van der Waals surface area contributed by atoms with E-state index in [9.17, 15) is 4.79 Å². The standard InChI is InChI=1S/C27H27N3OS/c1-20-6-5-8-25(21(20)2)29-14-16-30(17-15-29)27(31)24-7-3-4-9-26(24)32-19-23-12-10-22(18-28)11-13-23/h3-13H,14-17,19H2,1-2H3. The van der Waals surface area contributed by atoms with Crippen molar-refractivity contribution in [1.29, 1.82) is 5.26 Å². The first-order chi connectivity index (χ1) is 15.6. The van der Waals surface area contributed by atoms with E-state index in [-0.39, 0.29) is 5.91 Å². The second kappa shape index (κ2) is 9.93. The van der Waals surface area contributed by atoms with Crippen molar-refractivity contribution in [3.8, 4) is 6.07 Å². The molecule has 32 heavy (non-hydrogen) atoms. The summed E-state index contributed by atoms with van der Waals surface area (Å²) in [6.45, 7) is 7.45. The molecule has 0 atom stereocenters. The molecule has 0 N–H and O–H groups in total. The lowest BCUT2D eigenvalue weighted by Gasteiger charge is -2.37. The summed E-state index contributed by atoms with van der Waals surface area (Å²) in [5, 5.41) is 8.96. The van der Waals surface area contributed by atoms with Gasteiger partial charge in [0.1, 0.15) is 0 Å². The van der Waals surface area contributed by atoms with E-state index in [1.54, 1.807) is 11.8 Å². The molecule has 1 aliphatic heterocycles. The molecule has 4 rings (SSSR count). The molecule has 0 aromatic heterocycles. The second-order valence-corrected chi connectivity index (χ2v) is 9.11. The maximum Gasteiger partial charge on any atom is 0.255 e. The summed E-state index contributed by atoms with van der Waals surface area (Å²) in [6, 6.07) is 24.1. The van der Waals surface area contributed by atoms with Crippen LogP contribution in [0.5, 0.6) is 0 Å². The number of hydrogen-bond acceptors (Lipinski definition) is 4. The molecule has 0 bridgehead atoms. The van der Waals surface area contributed by atoms with Gasteiger partial charge in [-0.15, -0.1) is 11.8 Å². The quantitative estimate of drug-likeness (QED) is 0.495. The average molecular weight is 442 g/mol. The van der Waals surface area contributed by atoms with Crippen molar-refractivity contribution in [2.75, 3.05) is 31.1 Å². The van der Waals surface area contributed by atoms with E-state index in [4.69, 9.17) is 5.26 Å². The number of carbonyl (C=O) groups excluding carboxylic acids is 1. The van der Waals surface area contributed by atoms with Crippen molar-refractivity contribution >= 4 is 23.4 Å². The molecule has 0 saturated carbocycles. The SMILES string of the molecule is Cc1cccc(N2CCN(C(=O)c3ccccc3SCc3ccc(C#N)cc3)CC2)c1C. The largest absolute Gasteiger partial charge is 0.368 e. The van der Waals surface area contributed by atoms with Crippen LogP contribution in [-0.2, 0) is 5.75 Å². The first-order valence-electron chi connectivity index (χ1n) is 10.9. The van der Waals surface area contributed by atoms with Crippen LogP contribution in [0.1, 0.15) is 32.6 Å². The van der Waals surface area contributed by atoms with Crippen molar-refractivity contribution in [1.82, 2.24) is 4.90 Å². The first kappa shape index (κ1) is 22.0. The zero-order valence-corrected chi connectivity index (χ0v) is 19.4. The lowest BCUT2D eigenvalue weighted by molar-refractivity contribution is 0.0743. The molecular formula is C27H27N3OS. The van der Waals surface area contributed by atoms with Gasteiger partial charge in [-0.3, -0.25) is 4.79 Å². The fourth-order valence-corrected chi connectivity index (χ4v) is 5.01. The molecule has 1 aliphatic rings. The minimum atomic E-state index is 0.105. The van der Waals surface area contributed by atoms with Gasteiger partial charge in [0.2, 0.25) is 0 Å². The third-order valence-electron chi connectivity index (χ3n) is 6.08. The van der Waals surface area contributed by atoms with Gasteiger partial charge in [0.25, 0.3) is 5.91 Å². The van der Waals surface area contributed by atoms with Gasteiger partial charge in [-0.05, 0) is 60.9 Å². The van der Waals surface area contributed by atoms with Crippen LogP contribution in [-0.4, -0.2) is 37.0 Å². The number of nitriles is 1. The number of aryl methyl sites for hydroxylation is 1. The van der Waals surface area contributed by atoms with E-state index in [0.29, 0.717) is 5.56 Å². The molecule has 0 spiro atoms. The Labute approximate surface area is 194 Å². The molecule has 4 nitrogen and oxygen atoms in total. The van der Waals surface area contributed by atoms with E-state index in [1.165, 1.54) is 16.8 Å². The van der Waals surface area contributed by atoms with E-state index >= 15 is 0 Å². The van der Waals surface area contributed by atoms with Gasteiger partial charge >= 0.3 is 0 Å². The highest BCUT2D eigenvalue weighted by molar-refractivity contribution is 7.98. The molecule has 5 heteroatoms. The zero-order valence-electron chi connectivity index (χ0n) is 18.5. The monoisotopic (exact) mass is 441 g/mol. The molecule has 3 aromatic rings. The number of amides is 1. The van der Waals surface area contributed by atoms with Crippen LogP contribution < -0.4 is 4.90 Å². The topological polar surface area (TPSA) is 47.3 Å². The van der Waals surface area contributed by atoms with Crippen molar-refractivity contribution in [3.05, 3.63) is 94.5 Å². The number of carbonyl (C=O) groups is 1. The van der Waals surface area contributed by atoms with Crippen LogP contribution in [0, 0.1) is 25.2 Å². The Morgan fingerprint density at radius 1 is 0.938 bits per heavy atom. The van der Waals surface area contributed by atoms with Crippen molar-refractivity contribution < 1.29 is 4.79 Å². The van der Waals surface area contributed by atoms with Crippen LogP contribution in [0.4, 0.5) is 5.69 Å². The lowest BCUT2D eigenvalue weighted by atomic mass is 10.1. The van der Waals surface area contributed by atoms with Crippen LogP contribution >= 0.6 is 11.8 Å². The fourth-order valence-electron chi connectivity index (χ4n) is 4.00. The maximum atomic E-state index is 13.3. The van der Waals surface area contributed by atoms with Crippen molar-refractivity contribution in [2.24, 2.45) is 0 Å². The van der Waals surface area contributed by atoms with Gasteiger partial charge in [-0.2, -0.15) is 5.26 Å². The molecule has 0 unspecified atom stereocenters. The molecular weight excluding hydrogens is 414 g/mol. The van der Waals surface area contributed by atoms with Gasteiger partial charge in [-0.1, -0.05) is 36.4 Å². The van der Waals surface area contributed by atoms with Crippen molar-refractivity contribution in [2.45, 2.75) is 24.5 Å². The van der Waals surface area contributed by atoms with Gasteiger partial charge in [0.15, 0.2) is 0 Å². The van der Waals surface area contributed by atoms with E-state index in [1.807, 2.05) is 53.4 Å². The smallest absolute Gasteiger partial charge is 0.255 e. The zero-order chi connectivity index (χ0) is 22.5. The highest BCUT2D eigenvalue weighted by Gasteiger charge is 2.24. The van der Waals surface area contributed by atoms with Gasteiger partial charge < -0.3 is 9.80 Å². The minimum Gasteiger partial charge on any atom is -0.368 e. The summed E-state index contributed by atoms with van der Waals surface area (Å²) in [5.41, 5.74) is 6.46. The molecule has 0 aliphatic carbocycles. The van der Waals surface area contributed by atoms with E-state index < -0.39 is 0 Å². The fraction of sp³-hybridized carbons (Fsp3) is 0.259. The number of thioether (sulfide) groups is 1. The summed E-state index contributed by atoms with van der Waals surface area (Å²) in [7, 11) is 0. The first-order valence-corrected chi connectivity index (χ1v) is 11.9. The number of anilines is 1. The second-order valence-electron chi connectivity index (χ2n) is 8.09. The number of hydrogen-bond donors (Lipinski definition) is 0. The van der Waals surface area contributed by atoms with Crippen molar-refractivity contribution in [3.63, 3.8) is 0 Å².